The summed E-state index contributed by atoms with van der Waals surface area (Å²) in [5.74, 6) is -1.19. The van der Waals surface area contributed by atoms with Crippen LogP contribution >= 0.6 is 0 Å². The van der Waals surface area contributed by atoms with Crippen LogP contribution in [0.25, 0.3) is 10.9 Å². The molecule has 0 aliphatic rings. The van der Waals surface area contributed by atoms with Crippen molar-refractivity contribution in [2.45, 2.75) is 25.8 Å². The number of hydrogen-bond acceptors (Lipinski definition) is 2. The summed E-state index contributed by atoms with van der Waals surface area (Å²) in [5, 5.41) is 9.97. The van der Waals surface area contributed by atoms with Crippen LogP contribution in [0.4, 0.5) is 0 Å². The number of rotatable bonds is 3. The molecule has 0 bridgehead atoms. The number of aliphatic carboxylic acids is 1. The second-order valence-electron chi connectivity index (χ2n) is 4.45. The molecule has 0 unspecified atom stereocenters. The minimum absolute atomic E-state index is 0.219. The van der Waals surface area contributed by atoms with Crippen LogP contribution in [0.1, 0.15) is 24.0 Å². The minimum atomic E-state index is -0.973. The molecule has 4 heteroatoms. The highest BCUT2D eigenvalue weighted by atomic mass is 16.4. The Bertz CT molecular complexity index is 560. The average molecular weight is 232 g/mol. The SMILES string of the molecule is Cc1ccc2c([C@H](C)[C@H](N)C(=O)O)c[nH]c2c1. The number of fused-ring (bicyclic) bond motifs is 1. The molecule has 2 rings (SSSR count). The maximum Gasteiger partial charge on any atom is 0.321 e. The molecule has 0 saturated heterocycles. The van der Waals surface area contributed by atoms with E-state index in [1.807, 2.05) is 38.2 Å². The van der Waals surface area contributed by atoms with Gasteiger partial charge in [0.15, 0.2) is 0 Å². The first kappa shape index (κ1) is 11.7. The van der Waals surface area contributed by atoms with Crippen LogP contribution in [0.3, 0.4) is 0 Å². The average Bonchev–Trinajstić information content (AvgIpc) is 2.69. The van der Waals surface area contributed by atoms with Gasteiger partial charge in [0.05, 0.1) is 0 Å². The van der Waals surface area contributed by atoms with Crippen LogP contribution in [0.2, 0.25) is 0 Å². The predicted octanol–water partition coefficient (Wildman–Crippen LogP) is 1.99. The van der Waals surface area contributed by atoms with Crippen LogP contribution in [0.15, 0.2) is 24.4 Å². The first-order valence-corrected chi connectivity index (χ1v) is 5.56. The third kappa shape index (κ3) is 2.03. The highest BCUT2D eigenvalue weighted by molar-refractivity contribution is 5.85. The fourth-order valence-corrected chi connectivity index (χ4v) is 2.05. The van der Waals surface area contributed by atoms with Gasteiger partial charge in [-0.05, 0) is 24.1 Å². The lowest BCUT2D eigenvalue weighted by Crippen LogP contribution is -2.35. The molecule has 0 amide bonds. The molecule has 0 aliphatic heterocycles. The fourth-order valence-electron chi connectivity index (χ4n) is 2.05. The van der Waals surface area contributed by atoms with E-state index in [1.165, 1.54) is 5.56 Å². The first-order valence-electron chi connectivity index (χ1n) is 5.56. The second kappa shape index (κ2) is 4.22. The maximum atomic E-state index is 10.9. The zero-order valence-electron chi connectivity index (χ0n) is 9.90. The largest absolute Gasteiger partial charge is 0.480 e. The standard InChI is InChI=1S/C13H16N2O2/c1-7-3-4-9-10(6-15-11(9)5-7)8(2)12(14)13(16)17/h3-6,8,12,15H,14H2,1-2H3,(H,16,17)/t8-,12-/m0/s1. The van der Waals surface area contributed by atoms with Crippen molar-refractivity contribution in [3.8, 4) is 0 Å². The molecule has 1 aromatic carbocycles. The van der Waals surface area contributed by atoms with Gasteiger partial charge in [0.1, 0.15) is 6.04 Å². The molecule has 17 heavy (non-hydrogen) atoms. The Morgan fingerprint density at radius 2 is 2.18 bits per heavy atom. The van der Waals surface area contributed by atoms with E-state index >= 15 is 0 Å². The number of carboxylic acid groups (broad SMARTS) is 1. The van der Waals surface area contributed by atoms with Crippen molar-refractivity contribution in [3.05, 3.63) is 35.5 Å². The molecule has 4 nitrogen and oxygen atoms in total. The van der Waals surface area contributed by atoms with E-state index < -0.39 is 12.0 Å². The van der Waals surface area contributed by atoms with Gasteiger partial charge in [0.25, 0.3) is 0 Å². The molecular formula is C13H16N2O2. The molecule has 0 fully saturated rings. The topological polar surface area (TPSA) is 79.1 Å². The van der Waals surface area contributed by atoms with E-state index in [0.29, 0.717) is 0 Å². The molecule has 2 atom stereocenters. The summed E-state index contributed by atoms with van der Waals surface area (Å²) < 4.78 is 0. The van der Waals surface area contributed by atoms with E-state index in [0.717, 1.165) is 16.5 Å². The van der Waals surface area contributed by atoms with Crippen molar-refractivity contribution < 1.29 is 9.90 Å². The maximum absolute atomic E-state index is 10.9. The fraction of sp³-hybridized carbons (Fsp3) is 0.308. The number of nitrogens with one attached hydrogen (secondary N) is 1. The van der Waals surface area contributed by atoms with E-state index in [9.17, 15) is 4.79 Å². The number of carbonyl (C=O) groups is 1. The van der Waals surface area contributed by atoms with Crippen molar-refractivity contribution in [2.24, 2.45) is 5.73 Å². The van der Waals surface area contributed by atoms with Gasteiger partial charge in [-0.2, -0.15) is 0 Å². The van der Waals surface area contributed by atoms with Crippen LogP contribution in [0, 0.1) is 6.92 Å². The van der Waals surface area contributed by atoms with Crippen molar-refractivity contribution in [1.29, 1.82) is 0 Å². The van der Waals surface area contributed by atoms with E-state index in [2.05, 4.69) is 4.98 Å². The summed E-state index contributed by atoms with van der Waals surface area (Å²) in [4.78, 5) is 14.0. The molecule has 0 aliphatic carbocycles. The molecule has 4 N–H and O–H groups in total. The third-order valence-electron chi connectivity index (χ3n) is 3.18. The summed E-state index contributed by atoms with van der Waals surface area (Å²) in [6, 6.07) is 5.17. The van der Waals surface area contributed by atoms with Crippen LogP contribution in [-0.2, 0) is 4.79 Å². The van der Waals surface area contributed by atoms with Crippen molar-refractivity contribution in [1.82, 2.24) is 4.98 Å². The quantitative estimate of drug-likeness (QED) is 0.757. The molecule has 0 saturated carbocycles. The lowest BCUT2D eigenvalue weighted by Gasteiger charge is -2.15. The van der Waals surface area contributed by atoms with Gasteiger partial charge in [0, 0.05) is 23.0 Å². The number of nitrogens with two attached hydrogens (primary N) is 1. The zero-order valence-corrected chi connectivity index (χ0v) is 9.90. The Morgan fingerprint density at radius 1 is 1.47 bits per heavy atom. The summed E-state index contributed by atoms with van der Waals surface area (Å²) in [6.45, 7) is 3.85. The predicted molar refractivity (Wildman–Crippen MR) is 67.1 cm³/mol. The van der Waals surface area contributed by atoms with Crippen LogP contribution < -0.4 is 5.73 Å². The number of aromatic amines is 1. The van der Waals surface area contributed by atoms with E-state index in [-0.39, 0.29) is 5.92 Å². The number of aryl methyl sites for hydroxylation is 1. The summed E-state index contributed by atoms with van der Waals surface area (Å²) in [5.41, 5.74) is 8.80. The Labute approximate surface area is 99.4 Å². The van der Waals surface area contributed by atoms with Crippen LogP contribution in [-0.4, -0.2) is 22.1 Å². The normalized spacial score (nSPS) is 14.8. The summed E-state index contributed by atoms with van der Waals surface area (Å²) in [6.07, 6.45) is 1.84. The second-order valence-corrected chi connectivity index (χ2v) is 4.45. The summed E-state index contributed by atoms with van der Waals surface area (Å²) in [7, 11) is 0. The van der Waals surface area contributed by atoms with Gasteiger partial charge in [-0.1, -0.05) is 19.1 Å². The molecule has 2 aromatic rings. The zero-order chi connectivity index (χ0) is 12.6. The summed E-state index contributed by atoms with van der Waals surface area (Å²) >= 11 is 0. The van der Waals surface area contributed by atoms with Crippen molar-refractivity contribution in [3.63, 3.8) is 0 Å². The van der Waals surface area contributed by atoms with Gasteiger partial charge in [-0.15, -0.1) is 0 Å². The number of benzene rings is 1. The third-order valence-corrected chi connectivity index (χ3v) is 3.18. The lowest BCUT2D eigenvalue weighted by molar-refractivity contribution is -0.138. The van der Waals surface area contributed by atoms with Gasteiger partial charge < -0.3 is 15.8 Å². The number of aromatic nitrogens is 1. The molecule has 0 radical (unpaired) electrons. The van der Waals surface area contributed by atoms with Gasteiger partial charge >= 0.3 is 5.97 Å². The first-order chi connectivity index (χ1) is 8.00. The number of hydrogen-bond donors (Lipinski definition) is 3. The van der Waals surface area contributed by atoms with Gasteiger partial charge in [-0.3, -0.25) is 4.79 Å². The highest BCUT2D eigenvalue weighted by Gasteiger charge is 2.23. The number of H-pyrrole nitrogens is 1. The monoisotopic (exact) mass is 232 g/mol. The van der Waals surface area contributed by atoms with Crippen LogP contribution in [0.5, 0.6) is 0 Å². The minimum Gasteiger partial charge on any atom is -0.480 e. The Balaban J connectivity index is 2.46. The van der Waals surface area contributed by atoms with Crippen molar-refractivity contribution in [2.75, 3.05) is 0 Å². The molecule has 1 heterocycles. The molecular weight excluding hydrogens is 216 g/mol. The highest BCUT2D eigenvalue weighted by Crippen LogP contribution is 2.27. The number of carboxylic acids is 1. The van der Waals surface area contributed by atoms with E-state index in [4.69, 9.17) is 10.8 Å². The smallest absolute Gasteiger partial charge is 0.321 e. The van der Waals surface area contributed by atoms with Gasteiger partial charge in [0.2, 0.25) is 0 Å². The molecule has 0 spiro atoms. The van der Waals surface area contributed by atoms with Crippen molar-refractivity contribution >= 4 is 16.9 Å². The van der Waals surface area contributed by atoms with E-state index in [1.54, 1.807) is 0 Å². The molecule has 90 valence electrons. The van der Waals surface area contributed by atoms with Gasteiger partial charge in [-0.25, -0.2) is 0 Å². The lowest BCUT2D eigenvalue weighted by atomic mass is 9.93. The Kier molecular flexibility index (Phi) is 2.90. The Morgan fingerprint density at radius 3 is 2.82 bits per heavy atom. The molecule has 1 aromatic heterocycles. The Hall–Kier alpha value is -1.81.